The molecule has 18 heavy (non-hydrogen) atoms. The third kappa shape index (κ3) is 3.47. The molecule has 0 fully saturated rings. The van der Waals surface area contributed by atoms with Crippen LogP contribution in [0.4, 0.5) is 10.1 Å². The molecule has 0 amide bonds. The zero-order valence-electron chi connectivity index (χ0n) is 9.77. The summed E-state index contributed by atoms with van der Waals surface area (Å²) in [6.07, 6.45) is 0. The molecule has 0 saturated heterocycles. The van der Waals surface area contributed by atoms with Crippen LogP contribution in [0.5, 0.6) is 0 Å². The van der Waals surface area contributed by atoms with Crippen molar-refractivity contribution < 1.29 is 4.39 Å². The zero-order valence-corrected chi connectivity index (χ0v) is 10.6. The second-order valence-corrected chi connectivity index (χ2v) is 3.65. The van der Waals surface area contributed by atoms with E-state index in [9.17, 15) is 4.39 Å². The van der Waals surface area contributed by atoms with Gasteiger partial charge in [0.15, 0.2) is 0 Å². The minimum atomic E-state index is -0.274. The highest BCUT2D eigenvalue weighted by atomic mass is 35.5. The normalized spacial score (nSPS) is 9.00. The van der Waals surface area contributed by atoms with Crippen LogP contribution in [0.1, 0.15) is 17.0 Å². The fourth-order valence-corrected chi connectivity index (χ4v) is 1.33. The van der Waals surface area contributed by atoms with Crippen molar-refractivity contribution in [2.75, 3.05) is 5.73 Å². The summed E-state index contributed by atoms with van der Waals surface area (Å²) in [6.45, 7) is 1.88. The number of hydrogen-bond acceptors (Lipinski definition) is 2. The monoisotopic (exact) mass is 262 g/mol. The Morgan fingerprint density at radius 2 is 1.72 bits per heavy atom. The zero-order chi connectivity index (χ0) is 12.3. The van der Waals surface area contributed by atoms with Gasteiger partial charge in [-0.3, -0.25) is 0 Å². The quantitative estimate of drug-likeness (QED) is 0.742. The first-order valence-corrected chi connectivity index (χ1v) is 5.16. The molecule has 2 rings (SSSR count). The van der Waals surface area contributed by atoms with E-state index in [0.717, 1.165) is 11.3 Å². The molecule has 0 atom stereocenters. The van der Waals surface area contributed by atoms with Crippen molar-refractivity contribution in [2.45, 2.75) is 6.92 Å². The average molecular weight is 263 g/mol. The van der Waals surface area contributed by atoms with E-state index >= 15 is 0 Å². The van der Waals surface area contributed by atoms with Crippen LogP contribution in [-0.2, 0) is 0 Å². The van der Waals surface area contributed by atoms with Gasteiger partial charge in [0.25, 0.3) is 0 Å². The summed E-state index contributed by atoms with van der Waals surface area (Å²) < 4.78 is 12.7. The summed E-state index contributed by atoms with van der Waals surface area (Å²) in [5.74, 6) is 5.50. The summed E-state index contributed by atoms with van der Waals surface area (Å²) in [6, 6.07) is 9.59. The van der Waals surface area contributed by atoms with Crippen molar-refractivity contribution in [1.29, 1.82) is 0 Å². The number of nitrogens with two attached hydrogens (primary N) is 1. The largest absolute Gasteiger partial charge is 0.396 e. The van der Waals surface area contributed by atoms with Crippen LogP contribution in [-0.4, -0.2) is 4.98 Å². The molecule has 92 valence electrons. The Bertz CT molecular complexity index is 597. The molecule has 2 N–H and O–H groups in total. The van der Waals surface area contributed by atoms with Crippen LogP contribution in [0.2, 0.25) is 0 Å². The predicted molar refractivity (Wildman–Crippen MR) is 73.0 cm³/mol. The highest BCUT2D eigenvalue weighted by Crippen LogP contribution is 2.08. The molecular formula is C14H12ClFN2. The van der Waals surface area contributed by atoms with Gasteiger partial charge in [-0.2, -0.15) is 0 Å². The molecule has 0 bridgehead atoms. The fourth-order valence-electron chi connectivity index (χ4n) is 1.33. The maximum absolute atomic E-state index is 12.7. The number of hydrogen-bond donors (Lipinski definition) is 1. The first kappa shape index (κ1) is 14.0. The minimum Gasteiger partial charge on any atom is -0.396 e. The van der Waals surface area contributed by atoms with Gasteiger partial charge in [-0.15, -0.1) is 12.4 Å². The lowest BCUT2D eigenvalue weighted by Gasteiger charge is -1.97. The first-order chi connectivity index (χ1) is 8.15. The molecule has 0 saturated carbocycles. The molecule has 1 aromatic carbocycles. The predicted octanol–water partition coefficient (Wildman–Crippen LogP) is 2.93. The molecule has 1 aromatic heterocycles. The number of nitrogens with zero attached hydrogens (tertiary/aromatic N) is 1. The second-order valence-electron chi connectivity index (χ2n) is 3.65. The number of aryl methyl sites for hydroxylation is 1. The van der Waals surface area contributed by atoms with Crippen molar-refractivity contribution in [3.05, 3.63) is 59.2 Å². The molecule has 0 aliphatic heterocycles. The van der Waals surface area contributed by atoms with Crippen LogP contribution in [0.3, 0.4) is 0 Å². The Labute approximate surface area is 111 Å². The molecule has 2 nitrogen and oxygen atoms in total. The van der Waals surface area contributed by atoms with Crippen LogP contribution >= 0.6 is 12.4 Å². The number of halogens is 2. The molecule has 0 radical (unpaired) electrons. The van der Waals surface area contributed by atoms with Gasteiger partial charge in [0.05, 0.1) is 5.69 Å². The van der Waals surface area contributed by atoms with E-state index in [-0.39, 0.29) is 18.2 Å². The molecule has 0 spiro atoms. The van der Waals surface area contributed by atoms with E-state index in [1.807, 2.05) is 13.0 Å². The van der Waals surface area contributed by atoms with Crippen molar-refractivity contribution in [1.82, 2.24) is 4.98 Å². The standard InChI is InChI=1S/C14H11FN2.ClH/c1-10-2-8-13(16)14(17-10)9-5-11-3-6-12(15)7-4-11;/h2-4,6-8H,16H2,1H3;1H. The van der Waals surface area contributed by atoms with E-state index in [1.165, 1.54) is 12.1 Å². The Kier molecular flexibility index (Phi) is 4.70. The van der Waals surface area contributed by atoms with Crippen LogP contribution in [0.25, 0.3) is 0 Å². The van der Waals surface area contributed by atoms with Crippen molar-refractivity contribution in [3.63, 3.8) is 0 Å². The summed E-state index contributed by atoms with van der Waals surface area (Å²) in [7, 11) is 0. The van der Waals surface area contributed by atoms with E-state index in [2.05, 4.69) is 16.8 Å². The van der Waals surface area contributed by atoms with Crippen LogP contribution in [0, 0.1) is 24.6 Å². The van der Waals surface area contributed by atoms with E-state index < -0.39 is 0 Å². The van der Waals surface area contributed by atoms with Gasteiger partial charge in [0, 0.05) is 11.3 Å². The van der Waals surface area contributed by atoms with Crippen LogP contribution in [0.15, 0.2) is 36.4 Å². The number of pyridine rings is 1. The topological polar surface area (TPSA) is 38.9 Å². The average Bonchev–Trinajstić information content (AvgIpc) is 2.32. The lowest BCUT2D eigenvalue weighted by atomic mass is 10.2. The molecule has 2 aromatic rings. The van der Waals surface area contributed by atoms with E-state index in [1.54, 1.807) is 18.2 Å². The SMILES string of the molecule is Cc1ccc(N)c(C#Cc2ccc(F)cc2)n1.Cl. The second kappa shape index (κ2) is 6.04. The number of anilines is 1. The molecule has 0 unspecified atom stereocenters. The molecule has 1 heterocycles. The van der Waals surface area contributed by atoms with Gasteiger partial charge in [0.2, 0.25) is 0 Å². The van der Waals surface area contributed by atoms with E-state index in [0.29, 0.717) is 11.4 Å². The third-order valence-electron chi connectivity index (χ3n) is 2.24. The molecule has 4 heteroatoms. The Morgan fingerprint density at radius 1 is 1.06 bits per heavy atom. The Balaban J connectivity index is 0.00000162. The Hall–Kier alpha value is -2.05. The number of nitrogen functional groups attached to an aromatic ring is 1. The smallest absolute Gasteiger partial charge is 0.136 e. The maximum atomic E-state index is 12.7. The lowest BCUT2D eigenvalue weighted by Crippen LogP contribution is -1.95. The third-order valence-corrected chi connectivity index (χ3v) is 2.24. The number of aromatic nitrogens is 1. The summed E-state index contributed by atoms with van der Waals surface area (Å²) in [4.78, 5) is 4.23. The molecular weight excluding hydrogens is 251 g/mol. The molecule has 0 aliphatic carbocycles. The summed E-state index contributed by atoms with van der Waals surface area (Å²) in [5, 5.41) is 0. The number of benzene rings is 1. The molecule has 0 aliphatic rings. The van der Waals surface area contributed by atoms with E-state index in [4.69, 9.17) is 5.73 Å². The fraction of sp³-hybridized carbons (Fsp3) is 0.0714. The van der Waals surface area contributed by atoms with Gasteiger partial charge >= 0.3 is 0 Å². The van der Waals surface area contributed by atoms with Gasteiger partial charge in [-0.25, -0.2) is 9.37 Å². The summed E-state index contributed by atoms with van der Waals surface area (Å²) in [5.41, 5.74) is 8.44. The van der Waals surface area contributed by atoms with Gasteiger partial charge in [-0.1, -0.05) is 5.92 Å². The van der Waals surface area contributed by atoms with Crippen molar-refractivity contribution >= 4 is 18.1 Å². The highest BCUT2D eigenvalue weighted by Gasteiger charge is 1.96. The van der Waals surface area contributed by atoms with Gasteiger partial charge in [-0.05, 0) is 49.2 Å². The minimum absolute atomic E-state index is 0. The van der Waals surface area contributed by atoms with Gasteiger partial charge in [0.1, 0.15) is 11.5 Å². The number of rotatable bonds is 0. The van der Waals surface area contributed by atoms with Crippen molar-refractivity contribution in [3.8, 4) is 11.8 Å². The first-order valence-electron chi connectivity index (χ1n) is 5.16. The summed E-state index contributed by atoms with van der Waals surface area (Å²) >= 11 is 0. The van der Waals surface area contributed by atoms with Crippen LogP contribution < -0.4 is 5.73 Å². The van der Waals surface area contributed by atoms with Crippen molar-refractivity contribution in [2.24, 2.45) is 0 Å². The van der Waals surface area contributed by atoms with Gasteiger partial charge < -0.3 is 5.73 Å². The lowest BCUT2D eigenvalue weighted by molar-refractivity contribution is 0.627. The highest BCUT2D eigenvalue weighted by molar-refractivity contribution is 5.85. The Morgan fingerprint density at radius 3 is 2.39 bits per heavy atom. The maximum Gasteiger partial charge on any atom is 0.136 e.